The van der Waals surface area contributed by atoms with Crippen LogP contribution in [0.1, 0.15) is 32.6 Å². The summed E-state index contributed by atoms with van der Waals surface area (Å²) in [4.78, 5) is 11.4. The number of hydrogen-bond acceptors (Lipinski definition) is 4. The van der Waals surface area contributed by atoms with Crippen LogP contribution in [0.5, 0.6) is 0 Å². The molecule has 0 amide bonds. The highest BCUT2D eigenvalue weighted by Gasteiger charge is 2.15. The van der Waals surface area contributed by atoms with Crippen LogP contribution in [-0.2, 0) is 14.3 Å². The molecular weight excluding hydrogens is 182 g/mol. The van der Waals surface area contributed by atoms with Gasteiger partial charge in [-0.2, -0.15) is 0 Å². The maximum absolute atomic E-state index is 11.4. The van der Waals surface area contributed by atoms with Crippen molar-refractivity contribution < 1.29 is 14.3 Å². The molecule has 0 radical (unpaired) electrons. The third kappa shape index (κ3) is 3.89. The Morgan fingerprint density at radius 2 is 2.21 bits per heavy atom. The molecule has 0 aromatic rings. The Kier molecular flexibility index (Phi) is 6.16. The van der Waals surface area contributed by atoms with E-state index in [1.165, 1.54) is 13.5 Å². The number of hydrogen-bond donors (Lipinski definition) is 1. The van der Waals surface area contributed by atoms with Gasteiger partial charge in [0, 0.05) is 12.7 Å². The molecule has 14 heavy (non-hydrogen) atoms. The van der Waals surface area contributed by atoms with Gasteiger partial charge in [-0.1, -0.05) is 6.08 Å². The zero-order valence-electron chi connectivity index (χ0n) is 8.91. The van der Waals surface area contributed by atoms with Crippen molar-refractivity contribution in [2.75, 3.05) is 7.11 Å². The number of methoxy groups -OCH3 is 1. The number of carbonyl (C=O) groups excluding carboxylic acids is 1. The van der Waals surface area contributed by atoms with Crippen LogP contribution in [-0.4, -0.2) is 19.4 Å². The van der Waals surface area contributed by atoms with Gasteiger partial charge in [-0.05, 0) is 32.6 Å². The van der Waals surface area contributed by atoms with E-state index in [2.05, 4.69) is 0 Å². The molecule has 1 aliphatic rings. The van der Waals surface area contributed by atoms with E-state index in [4.69, 9.17) is 9.47 Å². The largest absolute Gasteiger partial charge is 0.433 e. The molecule has 0 aromatic heterocycles. The van der Waals surface area contributed by atoms with Gasteiger partial charge in [-0.15, -0.1) is 0 Å². The van der Waals surface area contributed by atoms with Crippen LogP contribution in [0.3, 0.4) is 0 Å². The Balaban J connectivity index is 0.00000169. The Morgan fingerprint density at radius 3 is 2.71 bits per heavy atom. The quantitative estimate of drug-likeness (QED) is 0.561. The molecule has 1 unspecified atom stereocenters. The summed E-state index contributed by atoms with van der Waals surface area (Å²) in [5, 5.41) is 0. The van der Waals surface area contributed by atoms with Crippen molar-refractivity contribution in [1.82, 2.24) is 6.15 Å². The molecule has 4 heteroatoms. The van der Waals surface area contributed by atoms with Crippen molar-refractivity contribution in [3.63, 3.8) is 0 Å². The van der Waals surface area contributed by atoms with Gasteiger partial charge in [0.1, 0.15) is 0 Å². The van der Waals surface area contributed by atoms with Gasteiger partial charge in [-0.3, -0.25) is 0 Å². The third-order valence-corrected chi connectivity index (χ3v) is 2.16. The molecule has 3 N–H and O–H groups in total. The summed E-state index contributed by atoms with van der Waals surface area (Å²) in [6.45, 7) is 1.71. The number of ether oxygens (including phenoxy) is 2. The minimum Gasteiger partial charge on any atom is -0.433 e. The van der Waals surface area contributed by atoms with E-state index in [0.717, 1.165) is 24.8 Å². The Bertz CT molecular complexity index is 213. The predicted octanol–water partition coefficient (Wildman–Crippen LogP) is 2.18. The Morgan fingerprint density at radius 1 is 1.50 bits per heavy atom. The molecule has 0 saturated carbocycles. The molecule has 0 aromatic carbocycles. The van der Waals surface area contributed by atoms with E-state index < -0.39 is 6.29 Å². The normalized spacial score (nSPS) is 17.7. The standard InChI is InChI=1S/C10H16O3.H3N/c1-8(12-2)13-10(11)9-6-4-3-5-7-9;/h6,8H,3-5,7H2,1-2H3;1H3. The van der Waals surface area contributed by atoms with Gasteiger partial charge in [-0.25, -0.2) is 4.79 Å². The highest BCUT2D eigenvalue weighted by atomic mass is 16.7. The highest BCUT2D eigenvalue weighted by molar-refractivity contribution is 5.88. The third-order valence-electron chi connectivity index (χ3n) is 2.16. The van der Waals surface area contributed by atoms with Crippen molar-refractivity contribution in [2.45, 2.75) is 38.9 Å². The minimum atomic E-state index is -0.449. The minimum absolute atomic E-state index is 0. The summed E-state index contributed by atoms with van der Waals surface area (Å²) in [7, 11) is 1.52. The van der Waals surface area contributed by atoms with Crippen LogP contribution in [0.15, 0.2) is 11.6 Å². The summed E-state index contributed by atoms with van der Waals surface area (Å²) in [5.41, 5.74) is 0.801. The molecule has 0 aliphatic heterocycles. The van der Waals surface area contributed by atoms with Gasteiger partial charge in [0.2, 0.25) is 0 Å². The van der Waals surface area contributed by atoms with E-state index in [1.54, 1.807) is 6.92 Å². The van der Waals surface area contributed by atoms with Crippen molar-refractivity contribution in [1.29, 1.82) is 0 Å². The Labute approximate surface area is 84.9 Å². The lowest BCUT2D eigenvalue weighted by atomic mass is 10.00. The zero-order chi connectivity index (χ0) is 9.68. The number of rotatable bonds is 3. The van der Waals surface area contributed by atoms with Gasteiger partial charge >= 0.3 is 5.97 Å². The van der Waals surface area contributed by atoms with Crippen molar-refractivity contribution in [3.05, 3.63) is 11.6 Å². The van der Waals surface area contributed by atoms with E-state index in [0.29, 0.717) is 0 Å². The van der Waals surface area contributed by atoms with Crippen LogP contribution in [0.25, 0.3) is 0 Å². The van der Waals surface area contributed by atoms with Gasteiger partial charge < -0.3 is 15.6 Å². The van der Waals surface area contributed by atoms with Gasteiger partial charge in [0.05, 0.1) is 0 Å². The summed E-state index contributed by atoms with van der Waals surface area (Å²) >= 11 is 0. The molecular formula is C10H19NO3. The van der Waals surface area contributed by atoms with E-state index >= 15 is 0 Å². The molecule has 4 nitrogen and oxygen atoms in total. The maximum Gasteiger partial charge on any atom is 0.335 e. The molecule has 82 valence electrons. The molecule has 1 rings (SSSR count). The highest BCUT2D eigenvalue weighted by Crippen LogP contribution is 2.18. The van der Waals surface area contributed by atoms with E-state index in [1.807, 2.05) is 6.08 Å². The van der Waals surface area contributed by atoms with Crippen LogP contribution in [0.2, 0.25) is 0 Å². The monoisotopic (exact) mass is 201 g/mol. The lowest BCUT2D eigenvalue weighted by Crippen LogP contribution is -2.18. The smallest absolute Gasteiger partial charge is 0.335 e. The summed E-state index contributed by atoms with van der Waals surface area (Å²) < 4.78 is 9.85. The fourth-order valence-corrected chi connectivity index (χ4v) is 1.30. The van der Waals surface area contributed by atoms with Crippen LogP contribution >= 0.6 is 0 Å². The predicted molar refractivity (Wildman–Crippen MR) is 54.1 cm³/mol. The van der Waals surface area contributed by atoms with Gasteiger partial charge in [0.25, 0.3) is 0 Å². The zero-order valence-corrected chi connectivity index (χ0v) is 8.91. The lowest BCUT2D eigenvalue weighted by molar-refractivity contribution is -0.165. The topological polar surface area (TPSA) is 70.5 Å². The number of allylic oxidation sites excluding steroid dienone is 1. The first-order valence-corrected chi connectivity index (χ1v) is 4.67. The second-order valence-corrected chi connectivity index (χ2v) is 3.18. The van der Waals surface area contributed by atoms with E-state index in [9.17, 15) is 4.79 Å². The average Bonchev–Trinajstić information content (AvgIpc) is 2.19. The maximum atomic E-state index is 11.4. The molecule has 1 atom stereocenters. The van der Waals surface area contributed by atoms with Crippen LogP contribution in [0, 0.1) is 0 Å². The summed E-state index contributed by atoms with van der Waals surface area (Å²) in [6, 6.07) is 0. The first kappa shape index (κ1) is 13.1. The van der Waals surface area contributed by atoms with E-state index in [-0.39, 0.29) is 12.1 Å². The first-order chi connectivity index (χ1) is 6.24. The fraction of sp³-hybridized carbons (Fsp3) is 0.700. The summed E-state index contributed by atoms with van der Waals surface area (Å²) in [5.74, 6) is -0.228. The second-order valence-electron chi connectivity index (χ2n) is 3.18. The lowest BCUT2D eigenvalue weighted by Gasteiger charge is -2.15. The summed E-state index contributed by atoms with van der Waals surface area (Å²) in [6.07, 6.45) is 5.61. The molecule has 0 fully saturated rings. The second kappa shape index (κ2) is 6.56. The van der Waals surface area contributed by atoms with Crippen LogP contribution in [0.4, 0.5) is 0 Å². The van der Waals surface area contributed by atoms with Crippen molar-refractivity contribution in [3.8, 4) is 0 Å². The molecule has 0 saturated heterocycles. The van der Waals surface area contributed by atoms with Crippen LogP contribution < -0.4 is 6.15 Å². The molecule has 0 bridgehead atoms. The fourth-order valence-electron chi connectivity index (χ4n) is 1.30. The number of esters is 1. The van der Waals surface area contributed by atoms with Crippen molar-refractivity contribution >= 4 is 5.97 Å². The average molecular weight is 201 g/mol. The van der Waals surface area contributed by atoms with Gasteiger partial charge in [0.15, 0.2) is 6.29 Å². The SMILES string of the molecule is COC(C)OC(=O)C1=CCCCC1.N. The molecule has 1 aliphatic carbocycles. The van der Waals surface area contributed by atoms with Crippen molar-refractivity contribution in [2.24, 2.45) is 0 Å². The number of carbonyl (C=O) groups is 1. The molecule has 0 heterocycles. The Hall–Kier alpha value is -0.870. The first-order valence-electron chi connectivity index (χ1n) is 4.67. The molecule has 0 spiro atoms.